The molecule has 4 nitrogen and oxygen atoms in total. The second-order valence-electron chi connectivity index (χ2n) is 4.99. The summed E-state index contributed by atoms with van der Waals surface area (Å²) in [7, 11) is 0. The molecule has 1 heterocycles. The summed E-state index contributed by atoms with van der Waals surface area (Å²) >= 11 is 0. The van der Waals surface area contributed by atoms with E-state index in [-0.39, 0.29) is 11.9 Å². The molecule has 1 fully saturated rings. The van der Waals surface area contributed by atoms with E-state index in [0.29, 0.717) is 18.5 Å². The Bertz CT molecular complexity index is 230. The van der Waals surface area contributed by atoms with E-state index in [9.17, 15) is 4.79 Å². The van der Waals surface area contributed by atoms with E-state index in [2.05, 4.69) is 29.4 Å². The van der Waals surface area contributed by atoms with E-state index in [1.165, 1.54) is 0 Å². The van der Waals surface area contributed by atoms with Crippen LogP contribution in [0.2, 0.25) is 0 Å². The molecule has 0 bridgehead atoms. The van der Waals surface area contributed by atoms with Crippen molar-refractivity contribution in [3.8, 4) is 0 Å². The molecule has 2 atom stereocenters. The highest BCUT2D eigenvalue weighted by atomic mass is 16.2. The maximum Gasteiger partial charge on any atom is 0.234 e. The van der Waals surface area contributed by atoms with Crippen molar-refractivity contribution in [3.05, 3.63) is 0 Å². The zero-order valence-electron chi connectivity index (χ0n) is 10.9. The van der Waals surface area contributed by atoms with Crippen LogP contribution in [0, 0.1) is 5.92 Å². The van der Waals surface area contributed by atoms with Crippen LogP contribution in [0.15, 0.2) is 0 Å². The number of nitrogens with zero attached hydrogens (tertiary/aromatic N) is 1. The van der Waals surface area contributed by atoms with Crippen molar-refractivity contribution in [2.75, 3.05) is 26.2 Å². The number of carbonyl (C=O) groups is 1. The van der Waals surface area contributed by atoms with Gasteiger partial charge in [-0.15, -0.1) is 0 Å². The minimum absolute atomic E-state index is 0.135. The SMILES string of the molecule is CCN(CC(=O)NC(C)C)C1CNCC1C. The molecule has 0 spiro atoms. The lowest BCUT2D eigenvalue weighted by atomic mass is 10.0. The first kappa shape index (κ1) is 13.5. The van der Waals surface area contributed by atoms with E-state index < -0.39 is 0 Å². The summed E-state index contributed by atoms with van der Waals surface area (Å²) in [4.78, 5) is 14.0. The fraction of sp³-hybridized carbons (Fsp3) is 0.917. The summed E-state index contributed by atoms with van der Waals surface area (Å²) in [5.41, 5.74) is 0. The predicted octanol–water partition coefficient (Wildman–Crippen LogP) is 0.441. The van der Waals surface area contributed by atoms with Gasteiger partial charge in [0, 0.05) is 18.6 Å². The molecule has 1 aliphatic rings. The average molecular weight is 227 g/mol. The molecule has 0 aromatic heterocycles. The summed E-state index contributed by atoms with van der Waals surface area (Å²) in [6, 6.07) is 0.730. The van der Waals surface area contributed by atoms with Gasteiger partial charge in [0.1, 0.15) is 0 Å². The van der Waals surface area contributed by atoms with Gasteiger partial charge in [-0.25, -0.2) is 0 Å². The highest BCUT2D eigenvalue weighted by molar-refractivity contribution is 5.78. The van der Waals surface area contributed by atoms with Gasteiger partial charge in [-0.2, -0.15) is 0 Å². The second-order valence-corrected chi connectivity index (χ2v) is 4.99. The first-order chi connectivity index (χ1) is 7.54. The van der Waals surface area contributed by atoms with Crippen LogP contribution < -0.4 is 10.6 Å². The Hall–Kier alpha value is -0.610. The fourth-order valence-corrected chi connectivity index (χ4v) is 2.30. The Morgan fingerprint density at radius 3 is 2.62 bits per heavy atom. The van der Waals surface area contributed by atoms with Crippen LogP contribution in [0.25, 0.3) is 0 Å². The van der Waals surface area contributed by atoms with Gasteiger partial charge < -0.3 is 10.6 Å². The number of nitrogens with one attached hydrogen (secondary N) is 2. The van der Waals surface area contributed by atoms with Crippen molar-refractivity contribution in [3.63, 3.8) is 0 Å². The molecule has 1 amide bonds. The monoisotopic (exact) mass is 227 g/mol. The third kappa shape index (κ3) is 3.76. The number of hydrogen-bond donors (Lipinski definition) is 2. The Morgan fingerprint density at radius 1 is 1.50 bits per heavy atom. The van der Waals surface area contributed by atoms with Crippen molar-refractivity contribution in [1.29, 1.82) is 0 Å². The topological polar surface area (TPSA) is 44.4 Å². The number of hydrogen-bond acceptors (Lipinski definition) is 3. The van der Waals surface area contributed by atoms with Gasteiger partial charge in [-0.1, -0.05) is 13.8 Å². The number of amides is 1. The van der Waals surface area contributed by atoms with Crippen LogP contribution in [0.3, 0.4) is 0 Å². The van der Waals surface area contributed by atoms with E-state index in [1.807, 2.05) is 13.8 Å². The first-order valence-electron chi connectivity index (χ1n) is 6.28. The van der Waals surface area contributed by atoms with Gasteiger partial charge in [0.25, 0.3) is 0 Å². The van der Waals surface area contributed by atoms with Crippen molar-refractivity contribution in [2.24, 2.45) is 5.92 Å². The van der Waals surface area contributed by atoms with Gasteiger partial charge in [0.15, 0.2) is 0 Å². The highest BCUT2D eigenvalue weighted by Gasteiger charge is 2.28. The lowest BCUT2D eigenvalue weighted by Crippen LogP contribution is -2.47. The summed E-state index contributed by atoms with van der Waals surface area (Å²) in [5.74, 6) is 0.766. The molecule has 0 radical (unpaired) electrons. The van der Waals surface area contributed by atoms with E-state index in [4.69, 9.17) is 0 Å². The van der Waals surface area contributed by atoms with Crippen molar-refractivity contribution < 1.29 is 4.79 Å². The number of rotatable bonds is 5. The molecule has 94 valence electrons. The van der Waals surface area contributed by atoms with Crippen molar-refractivity contribution >= 4 is 5.91 Å². The van der Waals surface area contributed by atoms with Crippen LogP contribution >= 0.6 is 0 Å². The van der Waals surface area contributed by atoms with E-state index in [0.717, 1.165) is 19.6 Å². The van der Waals surface area contributed by atoms with Gasteiger partial charge in [0.2, 0.25) is 5.91 Å². The molecular weight excluding hydrogens is 202 g/mol. The smallest absolute Gasteiger partial charge is 0.234 e. The summed E-state index contributed by atoms with van der Waals surface area (Å²) < 4.78 is 0. The molecule has 2 N–H and O–H groups in total. The maximum atomic E-state index is 11.7. The summed E-state index contributed by atoms with van der Waals surface area (Å²) in [6.07, 6.45) is 0. The largest absolute Gasteiger partial charge is 0.353 e. The molecule has 0 aromatic rings. The maximum absolute atomic E-state index is 11.7. The van der Waals surface area contributed by atoms with E-state index >= 15 is 0 Å². The first-order valence-corrected chi connectivity index (χ1v) is 6.28. The highest BCUT2D eigenvalue weighted by Crippen LogP contribution is 2.14. The van der Waals surface area contributed by atoms with Gasteiger partial charge in [0.05, 0.1) is 6.54 Å². The Balaban J connectivity index is 2.45. The fourth-order valence-electron chi connectivity index (χ4n) is 2.30. The number of carbonyl (C=O) groups excluding carboxylic acids is 1. The summed E-state index contributed by atoms with van der Waals surface area (Å²) in [6.45, 7) is 11.9. The molecule has 1 rings (SSSR count). The quantitative estimate of drug-likeness (QED) is 0.716. The van der Waals surface area contributed by atoms with Crippen LogP contribution in [-0.2, 0) is 4.79 Å². The second kappa shape index (κ2) is 6.21. The minimum atomic E-state index is 0.135. The zero-order chi connectivity index (χ0) is 12.1. The molecule has 1 saturated heterocycles. The Morgan fingerprint density at radius 2 is 2.19 bits per heavy atom. The third-order valence-electron chi connectivity index (χ3n) is 3.15. The van der Waals surface area contributed by atoms with E-state index in [1.54, 1.807) is 0 Å². The normalized spacial score (nSPS) is 25.4. The lowest BCUT2D eigenvalue weighted by molar-refractivity contribution is -0.123. The molecule has 0 saturated carbocycles. The van der Waals surface area contributed by atoms with Gasteiger partial charge in [-0.3, -0.25) is 9.69 Å². The predicted molar refractivity (Wildman–Crippen MR) is 66.3 cm³/mol. The Labute approximate surface area is 98.8 Å². The average Bonchev–Trinajstić information content (AvgIpc) is 2.60. The van der Waals surface area contributed by atoms with Crippen LogP contribution in [0.4, 0.5) is 0 Å². The number of likely N-dealkylation sites (N-methyl/N-ethyl adjacent to an activating group) is 1. The van der Waals surface area contributed by atoms with Crippen molar-refractivity contribution in [1.82, 2.24) is 15.5 Å². The Kier molecular flexibility index (Phi) is 5.22. The van der Waals surface area contributed by atoms with Crippen LogP contribution in [0.1, 0.15) is 27.7 Å². The van der Waals surface area contributed by atoms with Crippen LogP contribution in [0.5, 0.6) is 0 Å². The third-order valence-corrected chi connectivity index (χ3v) is 3.15. The van der Waals surface area contributed by atoms with Crippen LogP contribution in [-0.4, -0.2) is 49.1 Å². The molecule has 2 unspecified atom stereocenters. The molecule has 16 heavy (non-hydrogen) atoms. The lowest BCUT2D eigenvalue weighted by Gasteiger charge is -2.29. The molecule has 0 aliphatic carbocycles. The van der Waals surface area contributed by atoms with Gasteiger partial charge >= 0.3 is 0 Å². The van der Waals surface area contributed by atoms with Gasteiger partial charge in [-0.05, 0) is 32.9 Å². The molecule has 4 heteroatoms. The minimum Gasteiger partial charge on any atom is -0.353 e. The summed E-state index contributed by atoms with van der Waals surface area (Å²) in [5, 5.41) is 6.32. The standard InChI is InChI=1S/C12H25N3O/c1-5-15(8-12(16)14-9(2)3)11-7-13-6-10(11)4/h9-11,13H,5-8H2,1-4H3,(H,14,16). The van der Waals surface area contributed by atoms with Crippen molar-refractivity contribution in [2.45, 2.75) is 39.8 Å². The molecule has 1 aliphatic heterocycles. The molecule has 0 aromatic carbocycles. The zero-order valence-corrected chi connectivity index (χ0v) is 10.9. The molecular formula is C12H25N3O.